The van der Waals surface area contributed by atoms with Crippen molar-refractivity contribution in [1.82, 2.24) is 5.43 Å². The van der Waals surface area contributed by atoms with Gasteiger partial charge in [0.25, 0.3) is 0 Å². The first-order chi connectivity index (χ1) is 13.0. The van der Waals surface area contributed by atoms with E-state index in [1.807, 2.05) is 0 Å². The number of halogens is 3. The zero-order chi connectivity index (χ0) is 19.8. The van der Waals surface area contributed by atoms with Gasteiger partial charge >= 0.3 is 5.97 Å². The van der Waals surface area contributed by atoms with Crippen molar-refractivity contribution in [2.75, 3.05) is 20.8 Å². The van der Waals surface area contributed by atoms with Gasteiger partial charge in [0.05, 0.1) is 32.0 Å². The van der Waals surface area contributed by atoms with Crippen molar-refractivity contribution in [2.45, 2.75) is 6.54 Å². The number of carbonyl (C=O) groups excluding carboxylic acids is 1. The molecule has 6 nitrogen and oxygen atoms in total. The molecule has 0 amide bonds. The van der Waals surface area contributed by atoms with Crippen molar-refractivity contribution in [3.63, 3.8) is 0 Å². The van der Waals surface area contributed by atoms with E-state index in [9.17, 15) is 4.79 Å². The second-order valence-corrected chi connectivity index (χ2v) is 6.41. The van der Waals surface area contributed by atoms with Gasteiger partial charge in [-0.1, -0.05) is 40.9 Å². The van der Waals surface area contributed by atoms with Crippen LogP contribution in [0.3, 0.4) is 0 Å². The molecule has 1 N–H and O–H groups in total. The molecule has 2 aromatic rings. The quantitative estimate of drug-likeness (QED) is 0.383. The molecule has 0 heterocycles. The molecule has 2 rings (SSSR count). The Labute approximate surface area is 172 Å². The zero-order valence-corrected chi connectivity index (χ0v) is 16.9. The maximum atomic E-state index is 11.2. The van der Waals surface area contributed by atoms with Crippen LogP contribution < -0.4 is 14.9 Å². The summed E-state index contributed by atoms with van der Waals surface area (Å²) in [4.78, 5) is 11.2. The normalized spacial score (nSPS) is 10.7. The molecular formula is C18H17Cl3N2O4. The van der Waals surface area contributed by atoms with Crippen LogP contribution in [0.1, 0.15) is 11.1 Å². The van der Waals surface area contributed by atoms with Gasteiger partial charge < -0.3 is 19.6 Å². The minimum absolute atomic E-state index is 0.248. The number of carbonyl (C=O) groups is 1. The summed E-state index contributed by atoms with van der Waals surface area (Å²) in [6.45, 7) is 0.0837. The molecule has 0 bridgehead atoms. The fraction of sp³-hybridized carbons (Fsp3) is 0.222. The van der Waals surface area contributed by atoms with Crippen LogP contribution in [0.4, 0.5) is 0 Å². The van der Waals surface area contributed by atoms with E-state index in [1.54, 1.807) is 36.5 Å². The topological polar surface area (TPSA) is 69.2 Å². The molecule has 0 fully saturated rings. The number of esters is 1. The van der Waals surface area contributed by atoms with Gasteiger partial charge in [-0.05, 0) is 29.8 Å². The molecule has 0 aliphatic rings. The number of ether oxygens (including phenoxy) is 3. The number of benzene rings is 2. The SMILES string of the molecule is COC(=O)COc1c(Cl)cc(/C=N\NCc2c(Cl)cccc2Cl)cc1OC. The summed E-state index contributed by atoms with van der Waals surface area (Å²) in [5.74, 6) is 0.0840. The highest BCUT2D eigenvalue weighted by molar-refractivity contribution is 6.36. The lowest BCUT2D eigenvalue weighted by Gasteiger charge is -2.12. The van der Waals surface area contributed by atoms with Crippen molar-refractivity contribution < 1.29 is 19.0 Å². The number of nitrogens with zero attached hydrogens (tertiary/aromatic N) is 1. The molecule has 0 unspecified atom stereocenters. The van der Waals surface area contributed by atoms with Crippen LogP contribution >= 0.6 is 34.8 Å². The Hall–Kier alpha value is -2.15. The van der Waals surface area contributed by atoms with Gasteiger partial charge in [-0.25, -0.2) is 4.79 Å². The van der Waals surface area contributed by atoms with E-state index in [0.29, 0.717) is 27.9 Å². The number of rotatable bonds is 8. The van der Waals surface area contributed by atoms with Crippen molar-refractivity contribution >= 4 is 47.0 Å². The van der Waals surface area contributed by atoms with Crippen molar-refractivity contribution in [1.29, 1.82) is 0 Å². The molecule has 0 atom stereocenters. The van der Waals surface area contributed by atoms with Crippen LogP contribution in [0.2, 0.25) is 15.1 Å². The van der Waals surface area contributed by atoms with Crippen molar-refractivity contribution in [3.05, 3.63) is 56.5 Å². The van der Waals surface area contributed by atoms with Crippen molar-refractivity contribution in [3.8, 4) is 11.5 Å². The predicted octanol–water partition coefficient (Wildman–Crippen LogP) is 4.33. The standard InChI is InChI=1S/C18H17Cl3N2O4/c1-25-16-7-11(6-15(21)18(16)27-10-17(24)26-2)8-22-23-9-12-13(19)4-3-5-14(12)20/h3-8,23H,9-10H2,1-2H3/b22-8-. The third-order valence-electron chi connectivity index (χ3n) is 3.44. The average molecular weight is 432 g/mol. The highest BCUT2D eigenvalue weighted by atomic mass is 35.5. The Bertz CT molecular complexity index is 823. The Morgan fingerprint density at radius 2 is 1.85 bits per heavy atom. The summed E-state index contributed by atoms with van der Waals surface area (Å²) in [7, 11) is 2.74. The van der Waals surface area contributed by atoms with Crippen LogP contribution in [-0.2, 0) is 16.1 Å². The Balaban J connectivity index is 2.07. The lowest BCUT2D eigenvalue weighted by molar-refractivity contribution is -0.142. The average Bonchev–Trinajstić information content (AvgIpc) is 2.65. The molecule has 144 valence electrons. The number of methoxy groups -OCH3 is 2. The second-order valence-electron chi connectivity index (χ2n) is 5.19. The largest absolute Gasteiger partial charge is 0.493 e. The van der Waals surface area contributed by atoms with E-state index in [-0.39, 0.29) is 17.4 Å². The fourth-order valence-corrected chi connectivity index (χ4v) is 2.90. The molecule has 2 aromatic carbocycles. The molecule has 0 radical (unpaired) electrons. The first-order valence-corrected chi connectivity index (χ1v) is 8.85. The van der Waals surface area contributed by atoms with E-state index in [4.69, 9.17) is 44.3 Å². The molecule has 0 aromatic heterocycles. The third-order valence-corrected chi connectivity index (χ3v) is 4.43. The van der Waals surface area contributed by atoms with Crippen LogP contribution in [0.25, 0.3) is 0 Å². The van der Waals surface area contributed by atoms with E-state index in [1.165, 1.54) is 14.2 Å². The molecule has 9 heteroatoms. The molecular weight excluding hydrogens is 415 g/mol. The van der Waals surface area contributed by atoms with Gasteiger partial charge in [0.1, 0.15) is 0 Å². The lowest BCUT2D eigenvalue weighted by Crippen LogP contribution is -2.13. The van der Waals surface area contributed by atoms with E-state index >= 15 is 0 Å². The van der Waals surface area contributed by atoms with Crippen LogP contribution in [0.5, 0.6) is 11.5 Å². The first-order valence-electron chi connectivity index (χ1n) is 7.72. The maximum Gasteiger partial charge on any atom is 0.343 e. The Morgan fingerprint density at radius 3 is 2.48 bits per heavy atom. The van der Waals surface area contributed by atoms with E-state index in [2.05, 4.69) is 15.3 Å². The molecule has 0 aliphatic carbocycles. The zero-order valence-electron chi connectivity index (χ0n) is 14.6. The van der Waals surface area contributed by atoms with E-state index < -0.39 is 5.97 Å². The molecule has 0 saturated heterocycles. The third kappa shape index (κ3) is 5.92. The van der Waals surface area contributed by atoms with Gasteiger partial charge in [-0.15, -0.1) is 0 Å². The minimum atomic E-state index is -0.527. The van der Waals surface area contributed by atoms with Gasteiger partial charge in [-0.2, -0.15) is 5.10 Å². The van der Waals surface area contributed by atoms with Gasteiger partial charge in [0.15, 0.2) is 18.1 Å². The highest BCUT2D eigenvalue weighted by Gasteiger charge is 2.13. The molecule has 0 aliphatic heterocycles. The minimum Gasteiger partial charge on any atom is -0.493 e. The van der Waals surface area contributed by atoms with Crippen LogP contribution in [0.15, 0.2) is 35.4 Å². The van der Waals surface area contributed by atoms with Gasteiger partial charge in [0, 0.05) is 15.6 Å². The lowest BCUT2D eigenvalue weighted by atomic mass is 10.2. The Morgan fingerprint density at radius 1 is 1.15 bits per heavy atom. The molecule has 0 saturated carbocycles. The molecule has 27 heavy (non-hydrogen) atoms. The first kappa shape index (κ1) is 21.2. The van der Waals surface area contributed by atoms with Crippen LogP contribution in [0, 0.1) is 0 Å². The summed E-state index contributed by atoms with van der Waals surface area (Å²) in [5.41, 5.74) is 4.29. The second kappa shape index (κ2) is 10.3. The number of nitrogens with one attached hydrogen (secondary N) is 1. The highest BCUT2D eigenvalue weighted by Crippen LogP contribution is 2.36. The van der Waals surface area contributed by atoms with Crippen LogP contribution in [-0.4, -0.2) is 33.0 Å². The number of hydrogen-bond acceptors (Lipinski definition) is 6. The summed E-state index contributed by atoms with van der Waals surface area (Å²) >= 11 is 18.4. The van der Waals surface area contributed by atoms with E-state index in [0.717, 1.165) is 5.56 Å². The maximum absolute atomic E-state index is 11.2. The Kier molecular flexibility index (Phi) is 8.03. The smallest absolute Gasteiger partial charge is 0.343 e. The summed E-state index contributed by atoms with van der Waals surface area (Å²) in [5, 5.41) is 5.52. The monoisotopic (exact) mass is 430 g/mol. The molecule has 0 spiro atoms. The number of hydrazone groups is 1. The summed E-state index contributed by atoms with van der Waals surface area (Å²) < 4.78 is 15.1. The predicted molar refractivity (Wildman–Crippen MR) is 106 cm³/mol. The van der Waals surface area contributed by atoms with Crippen molar-refractivity contribution in [2.24, 2.45) is 5.10 Å². The van der Waals surface area contributed by atoms with Gasteiger partial charge in [-0.3, -0.25) is 0 Å². The summed E-state index contributed by atoms with van der Waals surface area (Å²) in [6.07, 6.45) is 1.56. The summed E-state index contributed by atoms with van der Waals surface area (Å²) in [6, 6.07) is 8.59. The van der Waals surface area contributed by atoms with Gasteiger partial charge in [0.2, 0.25) is 0 Å². The number of hydrogen-bond donors (Lipinski definition) is 1. The fourth-order valence-electron chi connectivity index (χ4n) is 2.09.